The van der Waals surface area contributed by atoms with Crippen LogP contribution < -0.4 is 5.32 Å². The minimum Gasteiger partial charge on any atom is -0.394 e. The molecule has 0 atom stereocenters. The van der Waals surface area contributed by atoms with Crippen molar-refractivity contribution in [1.82, 2.24) is 5.32 Å². The number of carbonyl (C=O) groups excluding carboxylic acids is 1. The highest BCUT2D eigenvalue weighted by Crippen LogP contribution is 2.18. The van der Waals surface area contributed by atoms with Crippen LogP contribution >= 0.6 is 11.3 Å². The Bertz CT molecular complexity index is 363. The third-order valence-electron chi connectivity index (χ3n) is 2.89. The monoisotopic (exact) mass is 257 g/mol. The molecular formula is C12H19NO3S. The Morgan fingerprint density at radius 2 is 2.00 bits per heavy atom. The summed E-state index contributed by atoms with van der Waals surface area (Å²) in [5.74, 6) is -0.236. The topological polar surface area (TPSA) is 69.6 Å². The molecule has 3 N–H and O–H groups in total. The second-order valence-electron chi connectivity index (χ2n) is 4.02. The molecule has 1 aromatic rings. The molecule has 0 aromatic carbocycles. The Hall–Kier alpha value is -0.910. The van der Waals surface area contributed by atoms with E-state index in [9.17, 15) is 15.0 Å². The molecule has 0 spiro atoms. The van der Waals surface area contributed by atoms with Gasteiger partial charge >= 0.3 is 0 Å². The molecule has 0 aliphatic rings. The van der Waals surface area contributed by atoms with Gasteiger partial charge in [0, 0.05) is 4.88 Å². The molecule has 0 bridgehead atoms. The van der Waals surface area contributed by atoms with Crippen molar-refractivity contribution in [3.63, 3.8) is 0 Å². The molecule has 4 nitrogen and oxygen atoms in total. The van der Waals surface area contributed by atoms with Crippen LogP contribution in [-0.2, 0) is 6.42 Å². The molecule has 0 unspecified atom stereocenters. The van der Waals surface area contributed by atoms with Crippen molar-refractivity contribution >= 4 is 17.2 Å². The lowest BCUT2D eigenvalue weighted by atomic mass is 9.98. The first-order chi connectivity index (χ1) is 8.10. The second-order valence-corrected chi connectivity index (χ2v) is 5.19. The molecule has 17 heavy (non-hydrogen) atoms. The fourth-order valence-electron chi connectivity index (χ4n) is 1.43. The number of rotatable bonds is 6. The molecule has 0 saturated heterocycles. The number of nitrogens with one attached hydrogen (secondary N) is 1. The molecule has 0 aliphatic heterocycles. The number of amides is 1. The van der Waals surface area contributed by atoms with Gasteiger partial charge in [-0.1, -0.05) is 13.8 Å². The summed E-state index contributed by atoms with van der Waals surface area (Å²) < 4.78 is 0. The van der Waals surface area contributed by atoms with Crippen LogP contribution in [0.2, 0.25) is 0 Å². The average molecular weight is 257 g/mol. The van der Waals surface area contributed by atoms with E-state index in [1.54, 1.807) is 6.07 Å². The summed E-state index contributed by atoms with van der Waals surface area (Å²) in [6.07, 6.45) is 1.38. The predicted octanol–water partition coefficient (Wildman–Crippen LogP) is 1.17. The minimum atomic E-state index is -0.923. The highest BCUT2D eigenvalue weighted by molar-refractivity contribution is 7.14. The van der Waals surface area contributed by atoms with E-state index in [4.69, 9.17) is 0 Å². The first-order valence-electron chi connectivity index (χ1n) is 5.73. The summed E-state index contributed by atoms with van der Waals surface area (Å²) in [4.78, 5) is 13.7. The zero-order valence-electron chi connectivity index (χ0n) is 10.2. The van der Waals surface area contributed by atoms with E-state index in [0.717, 1.165) is 11.3 Å². The van der Waals surface area contributed by atoms with Crippen molar-refractivity contribution in [2.24, 2.45) is 0 Å². The molecule has 1 heterocycles. The van der Waals surface area contributed by atoms with E-state index >= 15 is 0 Å². The lowest BCUT2D eigenvalue weighted by molar-refractivity contribution is 0.0656. The Balaban J connectivity index is 2.77. The van der Waals surface area contributed by atoms with Crippen molar-refractivity contribution in [2.45, 2.75) is 32.2 Å². The Kier molecular flexibility index (Phi) is 5.11. The molecule has 1 aromatic heterocycles. The van der Waals surface area contributed by atoms with Crippen LogP contribution in [-0.4, -0.2) is 34.9 Å². The van der Waals surface area contributed by atoms with Gasteiger partial charge in [-0.05, 0) is 25.0 Å². The molecule has 5 heteroatoms. The first-order valence-corrected chi connectivity index (χ1v) is 6.55. The number of aliphatic hydroxyl groups is 2. The number of hydrogen-bond acceptors (Lipinski definition) is 4. The van der Waals surface area contributed by atoms with Gasteiger partial charge in [-0.3, -0.25) is 4.79 Å². The van der Waals surface area contributed by atoms with Crippen LogP contribution in [0, 0.1) is 0 Å². The molecule has 0 aliphatic carbocycles. The normalized spacial score (nSPS) is 11.5. The smallest absolute Gasteiger partial charge is 0.261 e. The third kappa shape index (κ3) is 3.28. The van der Waals surface area contributed by atoms with E-state index in [1.165, 1.54) is 11.3 Å². The van der Waals surface area contributed by atoms with E-state index in [0.29, 0.717) is 11.3 Å². The van der Waals surface area contributed by atoms with Crippen LogP contribution in [0.25, 0.3) is 0 Å². The van der Waals surface area contributed by atoms with Gasteiger partial charge in [0.2, 0.25) is 0 Å². The van der Waals surface area contributed by atoms with Crippen molar-refractivity contribution in [3.05, 3.63) is 21.9 Å². The zero-order valence-corrected chi connectivity index (χ0v) is 11.0. The lowest BCUT2D eigenvalue weighted by Crippen LogP contribution is -2.53. The minimum absolute atomic E-state index is 0.236. The van der Waals surface area contributed by atoms with Crippen LogP contribution in [0.5, 0.6) is 0 Å². The Morgan fingerprint density at radius 1 is 1.35 bits per heavy atom. The summed E-state index contributed by atoms with van der Waals surface area (Å²) in [6.45, 7) is 3.32. The van der Waals surface area contributed by atoms with Gasteiger partial charge in [-0.25, -0.2) is 0 Å². The van der Waals surface area contributed by atoms with Gasteiger partial charge in [-0.15, -0.1) is 11.3 Å². The van der Waals surface area contributed by atoms with E-state index in [1.807, 2.05) is 19.9 Å². The number of thiophene rings is 1. The maximum absolute atomic E-state index is 11.9. The van der Waals surface area contributed by atoms with E-state index in [2.05, 4.69) is 5.32 Å². The second kappa shape index (κ2) is 6.14. The summed E-state index contributed by atoms with van der Waals surface area (Å²) in [5, 5.41) is 21.2. The standard InChI is InChI=1S/C12H19NO3S/c1-3-9-5-6-10(17-9)11(16)13-12(4-2,7-14)8-15/h5-6,14-15H,3-4,7-8H2,1-2H3,(H,13,16). The number of carbonyl (C=O) groups is 1. The van der Waals surface area contributed by atoms with Crippen molar-refractivity contribution < 1.29 is 15.0 Å². The fourth-order valence-corrected chi connectivity index (χ4v) is 2.28. The van der Waals surface area contributed by atoms with Gasteiger partial charge in [0.15, 0.2) is 0 Å². The summed E-state index contributed by atoms with van der Waals surface area (Å²) in [7, 11) is 0. The summed E-state index contributed by atoms with van der Waals surface area (Å²) in [6, 6.07) is 3.69. The molecule has 0 radical (unpaired) electrons. The maximum Gasteiger partial charge on any atom is 0.261 e. The highest BCUT2D eigenvalue weighted by Gasteiger charge is 2.29. The van der Waals surface area contributed by atoms with E-state index < -0.39 is 5.54 Å². The summed E-state index contributed by atoms with van der Waals surface area (Å²) in [5.41, 5.74) is -0.923. The molecular weight excluding hydrogens is 238 g/mol. The van der Waals surface area contributed by atoms with Crippen molar-refractivity contribution in [1.29, 1.82) is 0 Å². The molecule has 0 saturated carbocycles. The molecule has 1 amide bonds. The molecule has 96 valence electrons. The molecule has 1 rings (SSSR count). The lowest BCUT2D eigenvalue weighted by Gasteiger charge is -2.29. The molecule has 0 fully saturated rings. The largest absolute Gasteiger partial charge is 0.394 e. The Morgan fingerprint density at radius 3 is 2.41 bits per heavy atom. The summed E-state index contributed by atoms with van der Waals surface area (Å²) >= 11 is 1.44. The highest BCUT2D eigenvalue weighted by atomic mass is 32.1. The van der Waals surface area contributed by atoms with Crippen LogP contribution in [0.3, 0.4) is 0 Å². The van der Waals surface area contributed by atoms with E-state index in [-0.39, 0.29) is 19.1 Å². The fraction of sp³-hybridized carbons (Fsp3) is 0.583. The third-order valence-corrected chi connectivity index (χ3v) is 4.12. The van der Waals surface area contributed by atoms with Crippen LogP contribution in [0.15, 0.2) is 12.1 Å². The van der Waals surface area contributed by atoms with Crippen LogP contribution in [0.4, 0.5) is 0 Å². The predicted molar refractivity (Wildman–Crippen MR) is 68.4 cm³/mol. The number of aryl methyl sites for hydroxylation is 1. The van der Waals surface area contributed by atoms with Gasteiger partial charge in [0.25, 0.3) is 5.91 Å². The zero-order chi connectivity index (χ0) is 12.9. The maximum atomic E-state index is 11.9. The van der Waals surface area contributed by atoms with Gasteiger partial charge in [0.1, 0.15) is 0 Å². The first kappa shape index (κ1) is 14.2. The van der Waals surface area contributed by atoms with Gasteiger partial charge in [-0.2, -0.15) is 0 Å². The van der Waals surface area contributed by atoms with Crippen LogP contribution in [0.1, 0.15) is 34.8 Å². The SMILES string of the molecule is CCc1ccc(C(=O)NC(CC)(CO)CO)s1. The quantitative estimate of drug-likeness (QED) is 0.716. The Labute approximate surface area is 105 Å². The van der Waals surface area contributed by atoms with Gasteiger partial charge in [0.05, 0.1) is 23.6 Å². The van der Waals surface area contributed by atoms with Gasteiger partial charge < -0.3 is 15.5 Å². The number of hydrogen-bond donors (Lipinski definition) is 3. The van der Waals surface area contributed by atoms with Crippen molar-refractivity contribution in [2.75, 3.05) is 13.2 Å². The van der Waals surface area contributed by atoms with Crippen molar-refractivity contribution in [3.8, 4) is 0 Å². The number of aliphatic hydroxyl groups excluding tert-OH is 2. The average Bonchev–Trinajstić information content (AvgIpc) is 2.85.